The second-order valence-corrected chi connectivity index (χ2v) is 4.01. The molecule has 0 aromatic heterocycles. The highest BCUT2D eigenvalue weighted by Gasteiger charge is 2.21. The van der Waals surface area contributed by atoms with Gasteiger partial charge >= 0.3 is 7.05 Å². The third-order valence-electron chi connectivity index (χ3n) is 2.72. The lowest BCUT2D eigenvalue weighted by molar-refractivity contribution is -0.112. The molecule has 2 atom stereocenters. The summed E-state index contributed by atoms with van der Waals surface area (Å²) in [5.74, 6) is 0.827. The van der Waals surface area contributed by atoms with E-state index in [1.165, 1.54) is 6.42 Å². The molecule has 0 amide bonds. The summed E-state index contributed by atoms with van der Waals surface area (Å²) in [5, 5.41) is 12.0. The normalized spacial score (nSPS) is 28.5. The van der Waals surface area contributed by atoms with Crippen molar-refractivity contribution in [3.05, 3.63) is 0 Å². The molecule has 1 unspecified atom stereocenters. The van der Waals surface area contributed by atoms with Crippen LogP contribution in [0.5, 0.6) is 0 Å². The van der Waals surface area contributed by atoms with Crippen LogP contribution in [0, 0.1) is 11.8 Å². The van der Waals surface area contributed by atoms with Crippen LogP contribution >= 0.6 is 0 Å². The summed E-state index contributed by atoms with van der Waals surface area (Å²) < 4.78 is 0. The van der Waals surface area contributed by atoms with Crippen molar-refractivity contribution in [2.24, 2.45) is 11.8 Å². The highest BCUT2D eigenvalue weighted by Crippen LogP contribution is 2.27. The molecule has 0 radical (unpaired) electrons. The maximum absolute atomic E-state index is 10.6. The third kappa shape index (κ3) is 3.92. The number of rotatable bonds is 4. The van der Waals surface area contributed by atoms with E-state index in [-0.39, 0.29) is 5.92 Å². The van der Waals surface area contributed by atoms with E-state index in [1.54, 1.807) is 6.82 Å². The monoisotopic (exact) mass is 183 g/mol. The van der Waals surface area contributed by atoms with Crippen LogP contribution < -0.4 is 5.23 Å². The van der Waals surface area contributed by atoms with Crippen molar-refractivity contribution in [3.8, 4) is 0 Å². The average molecular weight is 183 g/mol. The minimum atomic E-state index is -0.434. The Labute approximate surface area is 80.0 Å². The molecule has 0 heterocycles. The standard InChI is InChI=1S/C9H18BNO2/c1-10(13)11-6-8-3-2-4-9(5-8)7-12/h7-9,11,13H,2-6H2,1H3/t8-,9?/m0/s1. The SMILES string of the molecule is CB(O)NC[C@H]1CCCC(C=O)C1. The van der Waals surface area contributed by atoms with E-state index in [1.807, 2.05) is 0 Å². The van der Waals surface area contributed by atoms with Gasteiger partial charge < -0.3 is 15.0 Å². The topological polar surface area (TPSA) is 49.3 Å². The first kappa shape index (κ1) is 10.7. The summed E-state index contributed by atoms with van der Waals surface area (Å²) in [7, 11) is -0.434. The zero-order valence-corrected chi connectivity index (χ0v) is 8.20. The van der Waals surface area contributed by atoms with Crippen LogP contribution in [0.2, 0.25) is 6.82 Å². The smallest absolute Gasteiger partial charge is 0.373 e. The van der Waals surface area contributed by atoms with Crippen LogP contribution in [-0.4, -0.2) is 24.9 Å². The minimum absolute atomic E-state index is 0.259. The second kappa shape index (κ2) is 5.40. The van der Waals surface area contributed by atoms with Crippen molar-refractivity contribution in [2.75, 3.05) is 6.54 Å². The van der Waals surface area contributed by atoms with Gasteiger partial charge in [0.15, 0.2) is 0 Å². The fourth-order valence-electron chi connectivity index (χ4n) is 1.98. The Morgan fingerprint density at radius 1 is 1.62 bits per heavy atom. The van der Waals surface area contributed by atoms with Crippen molar-refractivity contribution in [1.82, 2.24) is 5.23 Å². The first-order valence-electron chi connectivity index (χ1n) is 5.09. The number of nitrogens with one attached hydrogen (secondary N) is 1. The predicted octanol–water partition coefficient (Wildman–Crippen LogP) is 0.692. The minimum Gasteiger partial charge on any atom is -0.437 e. The fraction of sp³-hybridized carbons (Fsp3) is 0.889. The number of carbonyl (C=O) groups excluding carboxylic acids is 1. The highest BCUT2D eigenvalue weighted by atomic mass is 16.2. The number of hydrogen-bond acceptors (Lipinski definition) is 3. The third-order valence-corrected chi connectivity index (χ3v) is 2.72. The van der Waals surface area contributed by atoms with Crippen LogP contribution in [0.1, 0.15) is 25.7 Å². The van der Waals surface area contributed by atoms with Gasteiger partial charge in [-0.2, -0.15) is 0 Å². The average Bonchev–Trinajstić information content (AvgIpc) is 2.15. The molecular formula is C9H18BNO2. The molecule has 0 bridgehead atoms. The van der Waals surface area contributed by atoms with E-state index in [0.717, 1.165) is 32.1 Å². The largest absolute Gasteiger partial charge is 0.437 e. The van der Waals surface area contributed by atoms with Crippen LogP contribution in [-0.2, 0) is 4.79 Å². The Hall–Kier alpha value is -0.345. The van der Waals surface area contributed by atoms with Crippen molar-refractivity contribution in [1.29, 1.82) is 0 Å². The Balaban J connectivity index is 2.21. The Morgan fingerprint density at radius 2 is 2.38 bits per heavy atom. The Bertz CT molecular complexity index is 164. The van der Waals surface area contributed by atoms with Crippen molar-refractivity contribution in [2.45, 2.75) is 32.5 Å². The molecule has 0 aliphatic heterocycles. The molecule has 0 saturated heterocycles. The molecule has 13 heavy (non-hydrogen) atoms. The van der Waals surface area contributed by atoms with Crippen molar-refractivity contribution in [3.63, 3.8) is 0 Å². The molecular weight excluding hydrogens is 165 g/mol. The number of carbonyl (C=O) groups is 1. The van der Waals surface area contributed by atoms with E-state index in [9.17, 15) is 4.79 Å². The number of aldehydes is 1. The van der Waals surface area contributed by atoms with E-state index in [2.05, 4.69) is 5.23 Å². The molecule has 3 nitrogen and oxygen atoms in total. The first-order chi connectivity index (χ1) is 6.22. The summed E-state index contributed by atoms with van der Waals surface area (Å²) >= 11 is 0. The summed E-state index contributed by atoms with van der Waals surface area (Å²) in [6, 6.07) is 0. The molecule has 1 aliphatic carbocycles. The van der Waals surface area contributed by atoms with Gasteiger partial charge in [-0.3, -0.25) is 0 Å². The van der Waals surface area contributed by atoms with Crippen LogP contribution in [0.25, 0.3) is 0 Å². The lowest BCUT2D eigenvalue weighted by Crippen LogP contribution is -2.36. The lowest BCUT2D eigenvalue weighted by atomic mass is 9.80. The van der Waals surface area contributed by atoms with Gasteiger partial charge in [0, 0.05) is 5.92 Å². The van der Waals surface area contributed by atoms with Gasteiger partial charge in [-0.1, -0.05) is 6.42 Å². The quantitative estimate of drug-likeness (QED) is 0.498. The van der Waals surface area contributed by atoms with Crippen LogP contribution in [0.4, 0.5) is 0 Å². The molecule has 0 aromatic rings. The van der Waals surface area contributed by atoms with E-state index < -0.39 is 7.05 Å². The van der Waals surface area contributed by atoms with Crippen LogP contribution in [0.15, 0.2) is 0 Å². The molecule has 2 N–H and O–H groups in total. The second-order valence-electron chi connectivity index (χ2n) is 4.01. The van der Waals surface area contributed by atoms with Crippen molar-refractivity contribution >= 4 is 13.3 Å². The van der Waals surface area contributed by atoms with E-state index >= 15 is 0 Å². The Kier molecular flexibility index (Phi) is 4.46. The zero-order valence-electron chi connectivity index (χ0n) is 8.20. The summed E-state index contributed by atoms with van der Waals surface area (Å²) in [5.41, 5.74) is 0. The molecule has 74 valence electrons. The Morgan fingerprint density at radius 3 is 3.00 bits per heavy atom. The van der Waals surface area contributed by atoms with E-state index in [4.69, 9.17) is 5.02 Å². The molecule has 1 rings (SSSR count). The summed E-state index contributed by atoms with van der Waals surface area (Å²) in [4.78, 5) is 10.6. The van der Waals surface area contributed by atoms with Gasteiger partial charge in [0.25, 0.3) is 0 Å². The zero-order chi connectivity index (χ0) is 9.68. The number of hydrogen-bond donors (Lipinski definition) is 2. The molecule has 4 heteroatoms. The van der Waals surface area contributed by atoms with Crippen LogP contribution in [0.3, 0.4) is 0 Å². The lowest BCUT2D eigenvalue weighted by Gasteiger charge is -2.26. The molecule has 1 fully saturated rings. The van der Waals surface area contributed by atoms with Crippen molar-refractivity contribution < 1.29 is 9.82 Å². The summed E-state index contributed by atoms with van der Waals surface area (Å²) in [6.07, 6.45) is 5.45. The predicted molar refractivity (Wildman–Crippen MR) is 53.4 cm³/mol. The van der Waals surface area contributed by atoms with Gasteiger partial charge in [0.1, 0.15) is 6.29 Å². The van der Waals surface area contributed by atoms with Gasteiger partial charge in [-0.25, -0.2) is 0 Å². The fourth-order valence-corrected chi connectivity index (χ4v) is 1.98. The summed E-state index contributed by atoms with van der Waals surface area (Å²) in [6.45, 7) is 2.56. The van der Waals surface area contributed by atoms with Gasteiger partial charge in [-0.15, -0.1) is 0 Å². The van der Waals surface area contributed by atoms with Gasteiger partial charge in [0.05, 0.1) is 0 Å². The molecule has 0 spiro atoms. The maximum atomic E-state index is 10.6. The van der Waals surface area contributed by atoms with Gasteiger partial charge in [-0.05, 0) is 38.5 Å². The molecule has 0 aromatic carbocycles. The van der Waals surface area contributed by atoms with E-state index in [0.29, 0.717) is 5.92 Å². The highest BCUT2D eigenvalue weighted by molar-refractivity contribution is 6.45. The first-order valence-corrected chi connectivity index (χ1v) is 5.09. The maximum Gasteiger partial charge on any atom is 0.373 e. The molecule has 1 aliphatic rings. The molecule has 1 saturated carbocycles. The van der Waals surface area contributed by atoms with Gasteiger partial charge in [0.2, 0.25) is 0 Å².